The maximum atomic E-state index is 12.0. The highest BCUT2D eigenvalue weighted by molar-refractivity contribution is 9.11. The normalized spacial score (nSPS) is 11.4. The number of hydrogen-bond acceptors (Lipinski definition) is 4. The van der Waals surface area contributed by atoms with Gasteiger partial charge in [-0.15, -0.1) is 11.3 Å². The predicted octanol–water partition coefficient (Wildman–Crippen LogP) is 4.33. The maximum Gasteiger partial charge on any atom is 0.291 e. The Morgan fingerprint density at radius 3 is 2.83 bits per heavy atom. The SMILES string of the molecule is O=C(N/N=C/C=C/c1ccccc1)c1cc(-c2ccc(Br)s2)[nH]n1. The number of nitrogens with one attached hydrogen (secondary N) is 2. The van der Waals surface area contributed by atoms with Crippen molar-refractivity contribution in [1.29, 1.82) is 0 Å². The zero-order valence-corrected chi connectivity index (χ0v) is 14.8. The molecule has 0 unspecified atom stereocenters. The van der Waals surface area contributed by atoms with Crippen molar-refractivity contribution >= 4 is 45.5 Å². The average Bonchev–Trinajstić information content (AvgIpc) is 3.24. The number of nitrogens with zero attached hydrogens (tertiary/aromatic N) is 2. The van der Waals surface area contributed by atoms with Crippen LogP contribution in [-0.2, 0) is 0 Å². The van der Waals surface area contributed by atoms with Crippen molar-refractivity contribution in [2.45, 2.75) is 0 Å². The third-order valence-electron chi connectivity index (χ3n) is 3.06. The number of aromatic amines is 1. The van der Waals surface area contributed by atoms with Crippen molar-refractivity contribution in [2.75, 3.05) is 0 Å². The number of H-pyrrole nitrogens is 1. The molecule has 0 saturated heterocycles. The van der Waals surface area contributed by atoms with Crippen LogP contribution in [0.5, 0.6) is 0 Å². The zero-order valence-electron chi connectivity index (χ0n) is 12.4. The lowest BCUT2D eigenvalue weighted by Crippen LogP contribution is -2.17. The quantitative estimate of drug-likeness (QED) is 0.494. The highest BCUT2D eigenvalue weighted by atomic mass is 79.9. The third kappa shape index (κ3) is 4.27. The van der Waals surface area contributed by atoms with Crippen molar-refractivity contribution in [3.63, 3.8) is 0 Å². The number of hydrogen-bond donors (Lipinski definition) is 2. The topological polar surface area (TPSA) is 70.1 Å². The van der Waals surface area contributed by atoms with Crippen molar-refractivity contribution in [3.05, 3.63) is 69.7 Å². The van der Waals surface area contributed by atoms with E-state index in [4.69, 9.17) is 0 Å². The Morgan fingerprint density at radius 2 is 2.08 bits per heavy atom. The minimum atomic E-state index is -0.363. The first kappa shape index (κ1) is 16.4. The summed E-state index contributed by atoms with van der Waals surface area (Å²) in [6.45, 7) is 0. The van der Waals surface area contributed by atoms with Crippen LogP contribution >= 0.6 is 27.3 Å². The fraction of sp³-hybridized carbons (Fsp3) is 0. The Hall–Kier alpha value is -2.51. The summed E-state index contributed by atoms with van der Waals surface area (Å²) in [5.41, 5.74) is 4.60. The summed E-state index contributed by atoms with van der Waals surface area (Å²) in [4.78, 5) is 13.0. The van der Waals surface area contributed by atoms with Gasteiger partial charge in [-0.2, -0.15) is 10.2 Å². The van der Waals surface area contributed by atoms with Gasteiger partial charge in [0.15, 0.2) is 5.69 Å². The molecule has 0 bridgehead atoms. The van der Waals surface area contributed by atoms with Crippen LogP contribution < -0.4 is 5.43 Å². The molecule has 24 heavy (non-hydrogen) atoms. The number of thiophene rings is 1. The minimum absolute atomic E-state index is 0.290. The van der Waals surface area contributed by atoms with Gasteiger partial charge >= 0.3 is 0 Å². The monoisotopic (exact) mass is 400 g/mol. The second-order valence-electron chi connectivity index (χ2n) is 4.76. The largest absolute Gasteiger partial charge is 0.291 e. The molecule has 1 aromatic carbocycles. The molecule has 0 aliphatic heterocycles. The number of aromatic nitrogens is 2. The summed E-state index contributed by atoms with van der Waals surface area (Å²) in [6, 6.07) is 15.4. The predicted molar refractivity (Wildman–Crippen MR) is 101 cm³/mol. The summed E-state index contributed by atoms with van der Waals surface area (Å²) >= 11 is 4.97. The molecule has 0 fully saturated rings. The molecule has 7 heteroatoms. The van der Waals surface area contributed by atoms with Gasteiger partial charge in [0.25, 0.3) is 5.91 Å². The first-order valence-electron chi connectivity index (χ1n) is 7.08. The molecule has 3 rings (SSSR count). The summed E-state index contributed by atoms with van der Waals surface area (Å²) in [6.07, 6.45) is 5.18. The fourth-order valence-electron chi connectivity index (χ4n) is 1.94. The van der Waals surface area contributed by atoms with Gasteiger partial charge in [0.1, 0.15) is 0 Å². The van der Waals surface area contributed by atoms with Crippen molar-refractivity contribution in [1.82, 2.24) is 15.6 Å². The second-order valence-corrected chi connectivity index (χ2v) is 7.22. The van der Waals surface area contributed by atoms with Crippen molar-refractivity contribution in [2.24, 2.45) is 5.10 Å². The first-order chi connectivity index (χ1) is 11.7. The summed E-state index contributed by atoms with van der Waals surface area (Å²) in [5, 5.41) is 10.7. The number of carbonyl (C=O) groups is 1. The molecule has 3 aromatic rings. The van der Waals surface area contributed by atoms with Crippen LogP contribution in [0.4, 0.5) is 0 Å². The lowest BCUT2D eigenvalue weighted by Gasteiger charge is -1.93. The molecule has 120 valence electrons. The van der Waals surface area contributed by atoms with Gasteiger partial charge < -0.3 is 0 Å². The van der Waals surface area contributed by atoms with Gasteiger partial charge in [-0.25, -0.2) is 5.43 Å². The smallest absolute Gasteiger partial charge is 0.276 e. The molecule has 5 nitrogen and oxygen atoms in total. The van der Waals surface area contributed by atoms with Crippen LogP contribution in [0.15, 0.2) is 63.5 Å². The van der Waals surface area contributed by atoms with Crippen LogP contribution in [0.3, 0.4) is 0 Å². The van der Waals surface area contributed by atoms with Gasteiger partial charge in [-0.1, -0.05) is 36.4 Å². The van der Waals surface area contributed by atoms with E-state index < -0.39 is 0 Å². The van der Waals surface area contributed by atoms with E-state index in [1.807, 2.05) is 48.5 Å². The van der Waals surface area contributed by atoms with E-state index in [1.165, 1.54) is 6.21 Å². The van der Waals surface area contributed by atoms with E-state index in [9.17, 15) is 4.79 Å². The molecule has 0 aliphatic rings. The first-order valence-corrected chi connectivity index (χ1v) is 8.69. The highest BCUT2D eigenvalue weighted by Gasteiger charge is 2.11. The fourth-order valence-corrected chi connectivity index (χ4v) is 3.29. The van der Waals surface area contributed by atoms with Crippen LogP contribution in [0.25, 0.3) is 16.6 Å². The van der Waals surface area contributed by atoms with E-state index in [0.717, 1.165) is 19.9 Å². The van der Waals surface area contributed by atoms with Gasteiger partial charge in [-0.3, -0.25) is 9.89 Å². The number of carbonyl (C=O) groups excluding carboxylic acids is 1. The number of hydrazone groups is 1. The van der Waals surface area contributed by atoms with E-state index in [2.05, 4.69) is 36.7 Å². The Morgan fingerprint density at radius 1 is 1.25 bits per heavy atom. The van der Waals surface area contributed by atoms with E-state index in [-0.39, 0.29) is 5.91 Å². The van der Waals surface area contributed by atoms with Gasteiger partial charge in [-0.05, 0) is 45.8 Å². The molecule has 0 aliphatic carbocycles. The van der Waals surface area contributed by atoms with Gasteiger partial charge in [0.05, 0.1) is 14.4 Å². The Balaban J connectivity index is 1.56. The molecule has 0 spiro atoms. The molecule has 0 saturated carbocycles. The molecule has 0 radical (unpaired) electrons. The Kier molecular flexibility index (Phi) is 5.35. The van der Waals surface area contributed by atoms with Crippen LogP contribution in [0, 0.1) is 0 Å². The molecule has 2 N–H and O–H groups in total. The third-order valence-corrected chi connectivity index (χ3v) is 4.72. The molecule has 2 aromatic heterocycles. The molecular weight excluding hydrogens is 388 g/mol. The Labute approximate surface area is 151 Å². The number of allylic oxidation sites excluding steroid dienone is 1. The lowest BCUT2D eigenvalue weighted by atomic mass is 10.2. The lowest BCUT2D eigenvalue weighted by molar-refractivity contribution is 0.0950. The number of rotatable bonds is 5. The minimum Gasteiger partial charge on any atom is -0.276 e. The van der Waals surface area contributed by atoms with E-state index in [0.29, 0.717) is 5.69 Å². The van der Waals surface area contributed by atoms with Crippen LogP contribution in [0.1, 0.15) is 16.1 Å². The number of halogens is 1. The van der Waals surface area contributed by atoms with Crippen molar-refractivity contribution in [3.8, 4) is 10.6 Å². The summed E-state index contributed by atoms with van der Waals surface area (Å²) in [7, 11) is 0. The van der Waals surface area contributed by atoms with E-state index in [1.54, 1.807) is 23.5 Å². The molecule has 1 amide bonds. The van der Waals surface area contributed by atoms with Crippen LogP contribution in [-0.4, -0.2) is 22.3 Å². The van der Waals surface area contributed by atoms with Gasteiger partial charge in [0, 0.05) is 6.21 Å². The second kappa shape index (κ2) is 7.85. The van der Waals surface area contributed by atoms with Crippen molar-refractivity contribution < 1.29 is 4.79 Å². The molecular formula is C17H13BrN4OS. The zero-order chi connectivity index (χ0) is 16.8. The maximum absolute atomic E-state index is 12.0. The van der Waals surface area contributed by atoms with E-state index >= 15 is 0 Å². The van der Waals surface area contributed by atoms with Crippen LogP contribution in [0.2, 0.25) is 0 Å². The highest BCUT2D eigenvalue weighted by Crippen LogP contribution is 2.30. The standard InChI is InChI=1S/C17H13BrN4OS/c18-16-9-8-15(24-16)13-11-14(21-20-13)17(23)22-19-10-4-7-12-5-2-1-3-6-12/h1-11H,(H,20,21)(H,22,23)/b7-4+,19-10+. The summed E-state index contributed by atoms with van der Waals surface area (Å²) in [5.74, 6) is -0.363. The van der Waals surface area contributed by atoms with Gasteiger partial charge in [0.2, 0.25) is 0 Å². The Bertz CT molecular complexity index is 883. The number of benzene rings is 1. The number of amides is 1. The summed E-state index contributed by atoms with van der Waals surface area (Å²) < 4.78 is 1.02. The average molecular weight is 401 g/mol. The molecule has 2 heterocycles. The molecule has 0 atom stereocenters.